The van der Waals surface area contributed by atoms with E-state index in [1.807, 2.05) is 0 Å². The van der Waals surface area contributed by atoms with Crippen molar-refractivity contribution in [1.29, 1.82) is 0 Å². The molecule has 0 spiro atoms. The van der Waals surface area contributed by atoms with Crippen LogP contribution in [0.2, 0.25) is 0 Å². The van der Waals surface area contributed by atoms with Gasteiger partial charge in [-0.05, 0) is 32.6 Å². The predicted octanol–water partition coefficient (Wildman–Crippen LogP) is 1.72. The van der Waals surface area contributed by atoms with Crippen LogP contribution < -0.4 is 0 Å². The molecule has 0 aromatic rings. The van der Waals surface area contributed by atoms with Gasteiger partial charge in [-0.1, -0.05) is 0 Å². The molecular weight excluding hydrogens is 100 g/mol. The van der Waals surface area contributed by atoms with Crippen molar-refractivity contribution in [3.63, 3.8) is 0 Å². The predicted molar refractivity (Wildman–Crippen MR) is 31.7 cm³/mol. The molecule has 8 heavy (non-hydrogen) atoms. The molecule has 0 radical (unpaired) electrons. The van der Waals surface area contributed by atoms with E-state index in [2.05, 4.69) is 6.92 Å². The van der Waals surface area contributed by atoms with E-state index in [0.717, 1.165) is 0 Å². The summed E-state index contributed by atoms with van der Waals surface area (Å²) in [5.74, 6) is 0. The summed E-state index contributed by atoms with van der Waals surface area (Å²) in [5, 5.41) is 0. The van der Waals surface area contributed by atoms with Crippen LogP contribution >= 0.6 is 0 Å². The van der Waals surface area contributed by atoms with E-state index in [0.29, 0.717) is 11.7 Å². The fraction of sp³-hybridized carbons (Fsp3) is 1.00. The second kappa shape index (κ2) is 1.27. The van der Waals surface area contributed by atoms with E-state index < -0.39 is 0 Å². The van der Waals surface area contributed by atoms with Crippen molar-refractivity contribution in [3.05, 3.63) is 0 Å². The zero-order valence-corrected chi connectivity index (χ0v) is 5.31. The van der Waals surface area contributed by atoms with Gasteiger partial charge in [0.15, 0.2) is 0 Å². The first-order valence-corrected chi connectivity index (χ1v) is 3.46. The third-order valence-corrected chi connectivity index (χ3v) is 2.44. The Labute approximate surface area is 50.0 Å². The molecule has 0 N–H and O–H groups in total. The Kier molecular flexibility index (Phi) is 0.762. The first-order chi connectivity index (χ1) is 3.79. The number of ether oxygens (including phenoxy) is 1. The molecule has 2 saturated heterocycles. The SMILES string of the molecule is CC12CCC(CC1)O2. The van der Waals surface area contributed by atoms with Crippen molar-refractivity contribution in [1.82, 2.24) is 0 Å². The molecule has 0 atom stereocenters. The second-order valence-corrected chi connectivity index (χ2v) is 3.27. The normalized spacial score (nSPS) is 52.9. The zero-order valence-electron chi connectivity index (χ0n) is 5.31. The van der Waals surface area contributed by atoms with Gasteiger partial charge in [-0.3, -0.25) is 0 Å². The quantitative estimate of drug-likeness (QED) is 0.463. The van der Waals surface area contributed by atoms with Gasteiger partial charge in [-0.2, -0.15) is 0 Å². The van der Waals surface area contributed by atoms with Crippen LogP contribution in [0, 0.1) is 0 Å². The van der Waals surface area contributed by atoms with Crippen LogP contribution in [-0.2, 0) is 4.74 Å². The van der Waals surface area contributed by atoms with Crippen molar-refractivity contribution in [3.8, 4) is 0 Å². The maximum absolute atomic E-state index is 5.66. The van der Waals surface area contributed by atoms with Crippen molar-refractivity contribution in [2.75, 3.05) is 0 Å². The molecule has 1 heteroatoms. The Hall–Kier alpha value is -0.0400. The summed E-state index contributed by atoms with van der Waals surface area (Å²) < 4.78 is 5.66. The Morgan fingerprint density at radius 3 is 2.12 bits per heavy atom. The van der Waals surface area contributed by atoms with Gasteiger partial charge >= 0.3 is 0 Å². The molecule has 0 aromatic carbocycles. The molecule has 0 aliphatic carbocycles. The molecule has 0 saturated carbocycles. The van der Waals surface area contributed by atoms with Crippen LogP contribution in [0.1, 0.15) is 32.6 Å². The smallest absolute Gasteiger partial charge is 0.0660 e. The van der Waals surface area contributed by atoms with Gasteiger partial charge in [-0.25, -0.2) is 0 Å². The largest absolute Gasteiger partial charge is 0.372 e. The number of fused-ring (bicyclic) bond motifs is 2. The fourth-order valence-electron chi connectivity index (χ4n) is 1.84. The highest BCUT2D eigenvalue weighted by molar-refractivity contribution is 4.92. The van der Waals surface area contributed by atoms with E-state index in [1.54, 1.807) is 0 Å². The van der Waals surface area contributed by atoms with Crippen molar-refractivity contribution >= 4 is 0 Å². The zero-order chi connectivity index (χ0) is 5.61. The molecule has 0 amide bonds. The summed E-state index contributed by atoms with van der Waals surface area (Å²) in [6.45, 7) is 2.24. The summed E-state index contributed by atoms with van der Waals surface area (Å²) in [4.78, 5) is 0. The first kappa shape index (κ1) is 4.80. The summed E-state index contributed by atoms with van der Waals surface area (Å²) in [5.41, 5.74) is 0.310. The van der Waals surface area contributed by atoms with E-state index in [1.165, 1.54) is 25.7 Å². The van der Waals surface area contributed by atoms with Gasteiger partial charge < -0.3 is 4.74 Å². The van der Waals surface area contributed by atoms with E-state index in [9.17, 15) is 0 Å². The summed E-state index contributed by atoms with van der Waals surface area (Å²) in [6.07, 6.45) is 5.88. The third kappa shape index (κ3) is 0.510. The second-order valence-electron chi connectivity index (χ2n) is 3.27. The average Bonchev–Trinajstić information content (AvgIpc) is 2.21. The minimum atomic E-state index is 0.310. The minimum Gasteiger partial charge on any atom is -0.372 e. The Balaban J connectivity index is 2.19. The fourth-order valence-corrected chi connectivity index (χ4v) is 1.84. The number of rotatable bonds is 0. The average molecular weight is 112 g/mol. The highest BCUT2D eigenvalue weighted by Gasteiger charge is 2.41. The summed E-state index contributed by atoms with van der Waals surface area (Å²) in [6, 6.07) is 0. The highest BCUT2D eigenvalue weighted by Crippen LogP contribution is 2.42. The lowest BCUT2D eigenvalue weighted by Crippen LogP contribution is -2.17. The first-order valence-electron chi connectivity index (χ1n) is 3.46. The van der Waals surface area contributed by atoms with Crippen molar-refractivity contribution in [2.45, 2.75) is 44.3 Å². The minimum absolute atomic E-state index is 0.310. The van der Waals surface area contributed by atoms with Gasteiger partial charge in [-0.15, -0.1) is 0 Å². The maximum atomic E-state index is 5.66. The van der Waals surface area contributed by atoms with Gasteiger partial charge in [0.25, 0.3) is 0 Å². The van der Waals surface area contributed by atoms with Gasteiger partial charge in [0.05, 0.1) is 11.7 Å². The molecule has 1 nitrogen and oxygen atoms in total. The lowest BCUT2D eigenvalue weighted by Gasteiger charge is -2.16. The van der Waals surface area contributed by atoms with Crippen LogP contribution in [0.4, 0.5) is 0 Å². The van der Waals surface area contributed by atoms with E-state index >= 15 is 0 Å². The van der Waals surface area contributed by atoms with Crippen LogP contribution in [0.5, 0.6) is 0 Å². The molecule has 2 rings (SSSR count). The summed E-state index contributed by atoms with van der Waals surface area (Å²) >= 11 is 0. The highest BCUT2D eigenvalue weighted by atomic mass is 16.5. The van der Waals surface area contributed by atoms with Crippen LogP contribution in [0.3, 0.4) is 0 Å². The van der Waals surface area contributed by atoms with Crippen LogP contribution in [-0.4, -0.2) is 11.7 Å². The van der Waals surface area contributed by atoms with Crippen LogP contribution in [0.25, 0.3) is 0 Å². The van der Waals surface area contributed by atoms with Gasteiger partial charge in [0.1, 0.15) is 0 Å². The molecule has 2 aliphatic rings. The van der Waals surface area contributed by atoms with Gasteiger partial charge in [0, 0.05) is 0 Å². The molecule has 2 aliphatic heterocycles. The van der Waals surface area contributed by atoms with Crippen LogP contribution in [0.15, 0.2) is 0 Å². The Morgan fingerprint density at radius 2 is 2.00 bits per heavy atom. The lowest BCUT2D eigenvalue weighted by atomic mass is 9.91. The third-order valence-electron chi connectivity index (χ3n) is 2.44. The van der Waals surface area contributed by atoms with E-state index in [-0.39, 0.29) is 0 Å². The monoisotopic (exact) mass is 112 g/mol. The molecule has 2 bridgehead atoms. The maximum Gasteiger partial charge on any atom is 0.0660 e. The van der Waals surface area contributed by atoms with Gasteiger partial charge in [0.2, 0.25) is 0 Å². The lowest BCUT2D eigenvalue weighted by molar-refractivity contribution is 0.0284. The Bertz CT molecular complexity index is 101. The molecular formula is C7H12O. The number of hydrogen-bond donors (Lipinski definition) is 0. The van der Waals surface area contributed by atoms with E-state index in [4.69, 9.17) is 4.74 Å². The van der Waals surface area contributed by atoms with Crippen molar-refractivity contribution < 1.29 is 4.74 Å². The Morgan fingerprint density at radius 1 is 1.38 bits per heavy atom. The molecule has 2 fully saturated rings. The molecule has 0 aromatic heterocycles. The number of hydrogen-bond acceptors (Lipinski definition) is 1. The molecule has 0 unspecified atom stereocenters. The summed E-state index contributed by atoms with van der Waals surface area (Å²) in [7, 11) is 0. The molecule has 46 valence electrons. The topological polar surface area (TPSA) is 9.23 Å². The standard InChI is InChI=1S/C7H12O/c1-7-4-2-6(8-7)3-5-7/h6H,2-5H2,1H3. The van der Waals surface area contributed by atoms with Crippen molar-refractivity contribution in [2.24, 2.45) is 0 Å². The molecule has 2 heterocycles.